The van der Waals surface area contributed by atoms with Crippen LogP contribution in [0.3, 0.4) is 0 Å². The van der Waals surface area contributed by atoms with Crippen molar-refractivity contribution in [1.29, 1.82) is 0 Å². The number of ether oxygens (including phenoxy) is 1. The van der Waals surface area contributed by atoms with E-state index in [1.165, 1.54) is 0 Å². The van der Waals surface area contributed by atoms with Crippen LogP contribution in [0.15, 0.2) is 53.3 Å². The Balaban J connectivity index is 1.58. The van der Waals surface area contributed by atoms with Crippen LogP contribution < -0.4 is 16.4 Å². The molecule has 0 saturated carbocycles. The van der Waals surface area contributed by atoms with Crippen LogP contribution in [0.4, 0.5) is 0 Å². The largest absolute Gasteiger partial charge is 0.495 e. The topological polar surface area (TPSA) is 93.5 Å². The normalized spacial score (nSPS) is 28.5. The molecule has 1 aliphatic carbocycles. The van der Waals surface area contributed by atoms with Crippen LogP contribution in [0.2, 0.25) is 0 Å². The van der Waals surface area contributed by atoms with Crippen LogP contribution in [0.5, 0.6) is 0 Å². The van der Waals surface area contributed by atoms with Crippen LogP contribution in [0, 0.1) is 11.3 Å². The summed E-state index contributed by atoms with van der Waals surface area (Å²) in [4.78, 5) is 25.6. The number of nitrogens with two attached hydrogens (primary N) is 1. The van der Waals surface area contributed by atoms with Crippen LogP contribution in [0.1, 0.15) is 45.1 Å². The maximum atomic E-state index is 13.1. The minimum Gasteiger partial charge on any atom is -0.495 e. The molecule has 2 aliphatic heterocycles. The number of amides is 2. The van der Waals surface area contributed by atoms with Crippen molar-refractivity contribution < 1.29 is 14.3 Å². The van der Waals surface area contributed by atoms with E-state index in [9.17, 15) is 9.59 Å². The first-order valence-electron chi connectivity index (χ1n) is 11.3. The van der Waals surface area contributed by atoms with E-state index >= 15 is 0 Å². The van der Waals surface area contributed by atoms with Crippen LogP contribution >= 0.6 is 0 Å². The van der Waals surface area contributed by atoms with Gasteiger partial charge in [-0.2, -0.15) is 0 Å². The van der Waals surface area contributed by atoms with Crippen molar-refractivity contribution in [3.05, 3.63) is 58.9 Å². The first kappa shape index (κ1) is 21.6. The Bertz CT molecular complexity index is 917. The van der Waals surface area contributed by atoms with Crippen molar-refractivity contribution >= 4 is 11.8 Å². The van der Waals surface area contributed by atoms with Gasteiger partial charge in [-0.25, -0.2) is 0 Å². The van der Waals surface area contributed by atoms with Crippen molar-refractivity contribution in [2.24, 2.45) is 17.1 Å². The molecule has 1 aromatic rings. The Morgan fingerprint density at radius 2 is 1.90 bits per heavy atom. The van der Waals surface area contributed by atoms with Crippen molar-refractivity contribution in [3.8, 4) is 0 Å². The molecule has 4 rings (SSSR count). The predicted molar refractivity (Wildman–Crippen MR) is 120 cm³/mol. The molecule has 2 atom stereocenters. The van der Waals surface area contributed by atoms with Gasteiger partial charge in [0.25, 0.3) is 0 Å². The van der Waals surface area contributed by atoms with Gasteiger partial charge in [0.15, 0.2) is 0 Å². The van der Waals surface area contributed by atoms with Gasteiger partial charge in [-0.05, 0) is 70.2 Å². The fourth-order valence-electron chi connectivity index (χ4n) is 5.05. The summed E-state index contributed by atoms with van der Waals surface area (Å²) in [5.74, 6) is 0.676. The highest BCUT2D eigenvalue weighted by atomic mass is 16.5. The van der Waals surface area contributed by atoms with E-state index in [0.29, 0.717) is 30.4 Å². The second-order valence-corrected chi connectivity index (χ2v) is 9.51. The second kappa shape index (κ2) is 8.50. The molecule has 2 amide bonds. The Labute approximate surface area is 184 Å². The minimum atomic E-state index is -1.03. The SMILES string of the molecule is CC1(C(N)=O)CC(C(=O)NCCC2CCNCC2)=CC2=C1OCC2(C)c1ccccc1. The van der Waals surface area contributed by atoms with Crippen molar-refractivity contribution in [2.45, 2.75) is 44.9 Å². The van der Waals surface area contributed by atoms with Gasteiger partial charge < -0.3 is 21.1 Å². The van der Waals surface area contributed by atoms with Crippen LogP contribution in [-0.2, 0) is 19.7 Å². The third-order valence-electron chi connectivity index (χ3n) is 7.25. The average molecular weight is 424 g/mol. The number of piperidine rings is 1. The zero-order valence-corrected chi connectivity index (χ0v) is 18.5. The van der Waals surface area contributed by atoms with Gasteiger partial charge in [-0.15, -0.1) is 0 Å². The molecule has 31 heavy (non-hydrogen) atoms. The highest BCUT2D eigenvalue weighted by molar-refractivity contribution is 5.97. The number of hydrogen-bond acceptors (Lipinski definition) is 4. The molecular formula is C25H33N3O3. The van der Waals surface area contributed by atoms with Gasteiger partial charge in [0, 0.05) is 17.7 Å². The van der Waals surface area contributed by atoms with Crippen molar-refractivity contribution in [2.75, 3.05) is 26.2 Å². The van der Waals surface area contributed by atoms with E-state index in [-0.39, 0.29) is 12.3 Å². The van der Waals surface area contributed by atoms with Gasteiger partial charge >= 0.3 is 0 Å². The van der Waals surface area contributed by atoms with Gasteiger partial charge in [0.1, 0.15) is 17.8 Å². The maximum Gasteiger partial charge on any atom is 0.247 e. The molecule has 1 saturated heterocycles. The Morgan fingerprint density at radius 1 is 1.19 bits per heavy atom. The first-order chi connectivity index (χ1) is 14.8. The lowest BCUT2D eigenvalue weighted by atomic mass is 9.68. The summed E-state index contributed by atoms with van der Waals surface area (Å²) in [5, 5.41) is 6.45. The molecule has 0 radical (unpaired) electrons. The summed E-state index contributed by atoms with van der Waals surface area (Å²) < 4.78 is 6.09. The summed E-state index contributed by atoms with van der Waals surface area (Å²) >= 11 is 0. The number of carbonyl (C=O) groups excluding carboxylic acids is 2. The number of nitrogens with one attached hydrogen (secondary N) is 2. The number of allylic oxidation sites excluding steroid dienone is 1. The first-order valence-corrected chi connectivity index (χ1v) is 11.3. The van der Waals surface area contributed by atoms with E-state index in [1.807, 2.05) is 24.3 Å². The molecule has 1 aromatic carbocycles. The standard InChI is InChI=1S/C25H33N3O3/c1-24(23(26)30)15-18(22(29)28-13-10-17-8-11-27-12-9-17)14-20-21(24)31-16-25(20,2)19-6-4-3-5-7-19/h3-7,14,17,27H,8-13,15-16H2,1-2H3,(H2,26,30)(H,28,29). The Hall–Kier alpha value is -2.60. The molecule has 0 aromatic heterocycles. The number of hydrogen-bond donors (Lipinski definition) is 3. The third-order valence-corrected chi connectivity index (χ3v) is 7.25. The monoisotopic (exact) mass is 423 g/mol. The maximum absolute atomic E-state index is 13.1. The quantitative estimate of drug-likeness (QED) is 0.656. The lowest BCUT2D eigenvalue weighted by Gasteiger charge is -2.33. The summed E-state index contributed by atoms with van der Waals surface area (Å²) in [5.41, 5.74) is 6.93. The number of benzene rings is 1. The highest BCUT2D eigenvalue weighted by Gasteiger charge is 2.51. The number of primary amides is 1. The van der Waals surface area contributed by atoms with Gasteiger partial charge in [0.05, 0.1) is 5.41 Å². The molecule has 6 heteroatoms. The zero-order chi connectivity index (χ0) is 22.1. The lowest BCUT2D eigenvalue weighted by molar-refractivity contribution is -0.127. The molecule has 0 bridgehead atoms. The fourth-order valence-corrected chi connectivity index (χ4v) is 5.05. The van der Waals surface area contributed by atoms with E-state index in [1.54, 1.807) is 6.92 Å². The molecule has 3 aliphatic rings. The lowest BCUT2D eigenvalue weighted by Crippen LogP contribution is -2.41. The molecule has 4 N–H and O–H groups in total. The van der Waals surface area contributed by atoms with Crippen molar-refractivity contribution in [1.82, 2.24) is 10.6 Å². The highest BCUT2D eigenvalue weighted by Crippen LogP contribution is 2.51. The summed E-state index contributed by atoms with van der Waals surface area (Å²) in [6.45, 7) is 7.06. The molecule has 2 unspecified atom stereocenters. The van der Waals surface area contributed by atoms with Crippen molar-refractivity contribution in [3.63, 3.8) is 0 Å². The summed E-state index contributed by atoms with van der Waals surface area (Å²) in [7, 11) is 0. The van der Waals surface area contributed by atoms with Gasteiger partial charge in [-0.1, -0.05) is 30.3 Å². The van der Waals surface area contributed by atoms with E-state index < -0.39 is 16.7 Å². The Kier molecular flexibility index (Phi) is 5.93. The molecule has 1 fully saturated rings. The van der Waals surface area contributed by atoms with E-state index in [4.69, 9.17) is 10.5 Å². The molecular weight excluding hydrogens is 390 g/mol. The Morgan fingerprint density at radius 3 is 2.58 bits per heavy atom. The summed E-state index contributed by atoms with van der Waals surface area (Å²) in [6, 6.07) is 10.1. The number of rotatable bonds is 6. The average Bonchev–Trinajstić information content (AvgIpc) is 3.13. The number of carbonyl (C=O) groups is 2. The molecule has 2 heterocycles. The minimum absolute atomic E-state index is 0.115. The fraction of sp³-hybridized carbons (Fsp3) is 0.520. The van der Waals surface area contributed by atoms with E-state index in [0.717, 1.165) is 43.5 Å². The predicted octanol–water partition coefficient (Wildman–Crippen LogP) is 2.56. The van der Waals surface area contributed by atoms with Gasteiger partial charge in [-0.3, -0.25) is 9.59 Å². The second-order valence-electron chi connectivity index (χ2n) is 9.51. The smallest absolute Gasteiger partial charge is 0.247 e. The van der Waals surface area contributed by atoms with Gasteiger partial charge in [0.2, 0.25) is 11.8 Å². The van der Waals surface area contributed by atoms with Crippen LogP contribution in [0.25, 0.3) is 0 Å². The van der Waals surface area contributed by atoms with Crippen LogP contribution in [-0.4, -0.2) is 38.1 Å². The zero-order valence-electron chi connectivity index (χ0n) is 18.5. The molecule has 0 spiro atoms. The molecule has 6 nitrogen and oxygen atoms in total. The third kappa shape index (κ3) is 4.01. The van der Waals surface area contributed by atoms with E-state index in [2.05, 4.69) is 29.7 Å². The summed E-state index contributed by atoms with van der Waals surface area (Å²) in [6.07, 6.45) is 5.47. The molecule has 166 valence electrons.